The van der Waals surface area contributed by atoms with Gasteiger partial charge in [0.25, 0.3) is 5.91 Å². The summed E-state index contributed by atoms with van der Waals surface area (Å²) in [7, 11) is 1.71. The molecule has 5 nitrogen and oxygen atoms in total. The average Bonchev–Trinajstić information content (AvgIpc) is 3.41. The number of hydrogen-bond donors (Lipinski definition) is 1. The lowest BCUT2D eigenvalue weighted by Gasteiger charge is -2.42. The highest BCUT2D eigenvalue weighted by Gasteiger charge is 2.27. The lowest BCUT2D eigenvalue weighted by molar-refractivity contribution is 0.0944. The van der Waals surface area contributed by atoms with Gasteiger partial charge >= 0.3 is 0 Å². The molecule has 1 N–H and O–H groups in total. The molecular formula is C29H36ClN3O2S. The van der Waals surface area contributed by atoms with Gasteiger partial charge in [0, 0.05) is 44.0 Å². The van der Waals surface area contributed by atoms with Crippen LogP contribution < -0.4 is 15.0 Å². The second-order valence-corrected chi connectivity index (χ2v) is 10.7. The van der Waals surface area contributed by atoms with Gasteiger partial charge in [0.15, 0.2) is 0 Å². The Morgan fingerprint density at radius 3 is 2.58 bits per heavy atom. The first kappa shape index (κ1) is 26.5. The molecule has 7 heteroatoms. The lowest BCUT2D eigenvalue weighted by Crippen LogP contribution is -2.48. The molecule has 0 unspecified atom stereocenters. The molecule has 3 aromatic rings. The van der Waals surface area contributed by atoms with Gasteiger partial charge in [0.2, 0.25) is 0 Å². The van der Waals surface area contributed by atoms with Crippen molar-refractivity contribution in [3.8, 4) is 5.75 Å². The number of carbonyl (C=O) groups is 1. The number of nitrogens with one attached hydrogen (secondary N) is 1. The first-order chi connectivity index (χ1) is 17.5. The molecule has 2 aromatic carbocycles. The molecule has 0 aliphatic carbocycles. The van der Waals surface area contributed by atoms with Crippen molar-refractivity contribution in [3.63, 3.8) is 0 Å². The Bertz CT molecular complexity index is 1090. The van der Waals surface area contributed by atoms with Crippen molar-refractivity contribution in [2.75, 3.05) is 31.6 Å². The molecule has 0 spiro atoms. The third-order valence-corrected chi connectivity index (χ3v) is 8.24. The Kier molecular flexibility index (Phi) is 9.30. The van der Waals surface area contributed by atoms with Crippen molar-refractivity contribution in [1.29, 1.82) is 0 Å². The fourth-order valence-electron chi connectivity index (χ4n) is 5.01. The quantitative estimate of drug-likeness (QED) is 0.333. The van der Waals surface area contributed by atoms with Crippen LogP contribution in [0.25, 0.3) is 0 Å². The first-order valence-electron chi connectivity index (χ1n) is 12.7. The van der Waals surface area contributed by atoms with E-state index in [1.54, 1.807) is 24.5 Å². The van der Waals surface area contributed by atoms with E-state index in [2.05, 4.69) is 51.0 Å². The number of aryl methyl sites for hydroxylation is 1. The number of ether oxygens (including phenoxy) is 1. The number of benzene rings is 2. The molecule has 0 bridgehead atoms. The number of anilines is 1. The molecule has 1 saturated heterocycles. The summed E-state index contributed by atoms with van der Waals surface area (Å²) in [6.45, 7) is 7.85. The highest BCUT2D eigenvalue weighted by Crippen LogP contribution is 2.29. The van der Waals surface area contributed by atoms with Crippen LogP contribution in [0.2, 0.25) is 5.02 Å². The number of halogens is 1. The summed E-state index contributed by atoms with van der Waals surface area (Å²) >= 11 is 8.00. The second kappa shape index (κ2) is 12.6. The summed E-state index contributed by atoms with van der Waals surface area (Å²) in [5.41, 5.74) is 4.08. The average molecular weight is 526 g/mol. The fourth-order valence-corrected chi connectivity index (χ4v) is 5.97. The van der Waals surface area contributed by atoms with E-state index in [1.807, 2.05) is 31.2 Å². The van der Waals surface area contributed by atoms with Gasteiger partial charge in [-0.3, -0.25) is 4.79 Å². The summed E-state index contributed by atoms with van der Waals surface area (Å²) in [6, 6.07) is 17.1. The molecule has 0 saturated carbocycles. The van der Waals surface area contributed by atoms with Crippen molar-refractivity contribution in [3.05, 3.63) is 81.0 Å². The van der Waals surface area contributed by atoms with Crippen LogP contribution in [0.5, 0.6) is 5.75 Å². The van der Waals surface area contributed by atoms with Crippen LogP contribution in [-0.2, 0) is 6.54 Å². The normalized spacial score (nSPS) is 15.4. The number of hydrogen-bond acceptors (Lipinski definition) is 5. The molecule has 0 radical (unpaired) electrons. The maximum atomic E-state index is 12.6. The molecule has 4 rings (SSSR count). The smallest absolute Gasteiger partial charge is 0.253 e. The predicted octanol–water partition coefficient (Wildman–Crippen LogP) is 6.40. The summed E-state index contributed by atoms with van der Waals surface area (Å²) in [5, 5.41) is 7.96. The standard InChI is InChI=1S/C29H36ClN3O2S/c1-21-5-4-6-27(30)28(21)29(34)31-15-11-22(2)32-16-12-25(13-17-32)33(19-23-14-18-36-20-23)24-7-9-26(35-3)10-8-24/h4-10,14,18,20,22,25H,11-13,15-17,19H2,1-3H3,(H,31,34)/t22-/m1/s1. The molecule has 1 fully saturated rings. The Hall–Kier alpha value is -2.54. The molecular weight excluding hydrogens is 490 g/mol. The maximum absolute atomic E-state index is 12.6. The Morgan fingerprint density at radius 2 is 1.94 bits per heavy atom. The van der Waals surface area contributed by atoms with E-state index in [0.29, 0.717) is 29.2 Å². The van der Waals surface area contributed by atoms with E-state index in [1.165, 1.54) is 11.3 Å². The summed E-state index contributed by atoms with van der Waals surface area (Å²) in [4.78, 5) is 17.8. The monoisotopic (exact) mass is 525 g/mol. The highest BCUT2D eigenvalue weighted by molar-refractivity contribution is 7.07. The third kappa shape index (κ3) is 6.61. The largest absolute Gasteiger partial charge is 0.497 e. The molecule has 36 heavy (non-hydrogen) atoms. The number of piperidine rings is 1. The molecule has 1 aliphatic rings. The second-order valence-electron chi connectivity index (χ2n) is 9.55. The van der Waals surface area contributed by atoms with Crippen LogP contribution >= 0.6 is 22.9 Å². The van der Waals surface area contributed by atoms with Crippen LogP contribution in [0, 0.1) is 6.92 Å². The van der Waals surface area contributed by atoms with Crippen LogP contribution in [0.1, 0.15) is 47.7 Å². The van der Waals surface area contributed by atoms with Crippen LogP contribution in [0.3, 0.4) is 0 Å². The van der Waals surface area contributed by atoms with Gasteiger partial charge in [-0.2, -0.15) is 11.3 Å². The summed E-state index contributed by atoms with van der Waals surface area (Å²) < 4.78 is 5.37. The Balaban J connectivity index is 1.31. The number of likely N-dealkylation sites (tertiary alicyclic amines) is 1. The van der Waals surface area contributed by atoms with Gasteiger partial charge in [-0.25, -0.2) is 0 Å². The number of carbonyl (C=O) groups excluding carboxylic acids is 1. The minimum Gasteiger partial charge on any atom is -0.497 e. The van der Waals surface area contributed by atoms with Gasteiger partial charge in [0.1, 0.15) is 5.75 Å². The van der Waals surface area contributed by atoms with Crippen molar-refractivity contribution >= 4 is 34.5 Å². The molecule has 1 aromatic heterocycles. The maximum Gasteiger partial charge on any atom is 0.253 e. The van der Waals surface area contributed by atoms with Gasteiger partial charge in [-0.1, -0.05) is 23.7 Å². The number of amides is 1. The molecule has 2 heterocycles. The number of nitrogens with zero attached hydrogens (tertiary/aromatic N) is 2. The molecule has 192 valence electrons. The number of methoxy groups -OCH3 is 1. The topological polar surface area (TPSA) is 44.8 Å². The van der Waals surface area contributed by atoms with E-state index in [-0.39, 0.29) is 5.91 Å². The molecule has 1 amide bonds. The van der Waals surface area contributed by atoms with E-state index >= 15 is 0 Å². The minimum absolute atomic E-state index is 0.0902. The van der Waals surface area contributed by atoms with E-state index in [9.17, 15) is 4.79 Å². The number of rotatable bonds is 10. The Morgan fingerprint density at radius 1 is 1.19 bits per heavy atom. The number of thiophene rings is 1. The lowest BCUT2D eigenvalue weighted by atomic mass is 9.99. The van der Waals surface area contributed by atoms with Crippen molar-refractivity contribution in [2.45, 2.75) is 51.7 Å². The fraction of sp³-hybridized carbons (Fsp3) is 0.414. The first-order valence-corrected chi connectivity index (χ1v) is 14.0. The van der Waals surface area contributed by atoms with Gasteiger partial charge in [-0.15, -0.1) is 0 Å². The van der Waals surface area contributed by atoms with Crippen molar-refractivity contribution in [2.24, 2.45) is 0 Å². The van der Waals surface area contributed by atoms with Gasteiger partial charge in [-0.05, 0) is 91.4 Å². The van der Waals surface area contributed by atoms with Crippen molar-refractivity contribution < 1.29 is 9.53 Å². The van der Waals surface area contributed by atoms with Gasteiger partial charge in [0.05, 0.1) is 17.7 Å². The summed E-state index contributed by atoms with van der Waals surface area (Å²) in [5.74, 6) is 0.794. The highest BCUT2D eigenvalue weighted by atomic mass is 35.5. The van der Waals surface area contributed by atoms with Crippen LogP contribution in [0.15, 0.2) is 59.3 Å². The van der Waals surface area contributed by atoms with Crippen LogP contribution in [-0.4, -0.2) is 49.6 Å². The minimum atomic E-state index is -0.0902. The third-order valence-electron chi connectivity index (χ3n) is 7.20. The SMILES string of the molecule is COc1ccc(N(Cc2ccsc2)C2CCN([C@H](C)CCNC(=O)c3c(C)cccc3Cl)CC2)cc1. The van der Waals surface area contributed by atoms with Crippen molar-refractivity contribution in [1.82, 2.24) is 10.2 Å². The van der Waals surface area contributed by atoms with Crippen LogP contribution in [0.4, 0.5) is 5.69 Å². The summed E-state index contributed by atoms with van der Waals surface area (Å²) in [6.07, 6.45) is 3.15. The Labute approximate surface area is 224 Å². The molecule has 1 aliphatic heterocycles. The zero-order chi connectivity index (χ0) is 25.5. The van der Waals surface area contributed by atoms with E-state index < -0.39 is 0 Å². The zero-order valence-corrected chi connectivity index (χ0v) is 22.9. The molecule has 1 atom stereocenters. The van der Waals surface area contributed by atoms with Gasteiger partial charge < -0.3 is 19.9 Å². The van der Waals surface area contributed by atoms with E-state index in [4.69, 9.17) is 16.3 Å². The van der Waals surface area contributed by atoms with E-state index in [0.717, 1.165) is 50.2 Å². The predicted molar refractivity (Wildman–Crippen MR) is 151 cm³/mol. The zero-order valence-electron chi connectivity index (χ0n) is 21.4.